The Kier molecular flexibility index (Phi) is 10.9. The Morgan fingerprint density at radius 3 is 2.57 bits per heavy atom. The molecule has 0 aromatic heterocycles. The Balaban J connectivity index is 4.19. The third-order valence-electron chi connectivity index (χ3n) is 2.19. The van der Waals surface area contributed by atoms with Crippen LogP contribution in [0.15, 0.2) is 5.16 Å². The Hall–Kier alpha value is 0.130. The number of rotatable bonds is 8. The molecule has 0 fully saturated rings. The van der Waals surface area contributed by atoms with Crippen molar-refractivity contribution in [2.24, 2.45) is 5.16 Å². The second-order valence-corrected chi connectivity index (χ2v) is 9.88. The highest BCUT2D eigenvalue weighted by Crippen LogP contribution is 2.50. The molecule has 12 heteroatoms. The highest BCUT2D eigenvalue weighted by atomic mass is 32.5. The minimum Gasteiger partial charge on any atom is -0.597 e. The van der Waals surface area contributed by atoms with Crippen molar-refractivity contribution in [2.75, 3.05) is 26.4 Å². The van der Waals surface area contributed by atoms with Gasteiger partial charge in [0.1, 0.15) is 10.8 Å². The minimum atomic E-state index is -2.54. The van der Waals surface area contributed by atoms with Gasteiger partial charge in [-0.1, -0.05) is 5.16 Å². The summed E-state index contributed by atoms with van der Waals surface area (Å²) >= 11 is 5.00. The largest absolute Gasteiger partial charge is 0.597 e. The van der Waals surface area contributed by atoms with Crippen LogP contribution in [0.25, 0.3) is 0 Å². The lowest BCUT2D eigenvalue weighted by molar-refractivity contribution is 0.152. The highest BCUT2D eigenvalue weighted by molar-refractivity contribution is 8.13. The summed E-state index contributed by atoms with van der Waals surface area (Å²) in [6, 6.07) is 0. The molecule has 0 aliphatic heterocycles. The van der Waals surface area contributed by atoms with E-state index in [9.17, 15) is 9.35 Å². The van der Waals surface area contributed by atoms with E-state index in [2.05, 4.69) is 20.0 Å². The SMILES string of the molecule is COP(=S)(OC)C(C)N[S+]([O-])CNC(=O)ON=C(C)SC. The lowest BCUT2D eigenvalue weighted by Crippen LogP contribution is -2.40. The number of amides is 1. The van der Waals surface area contributed by atoms with Crippen LogP contribution >= 0.6 is 18.3 Å². The smallest absolute Gasteiger partial charge is 0.437 e. The number of carbonyl (C=O) groups is 1. The van der Waals surface area contributed by atoms with Crippen LogP contribution in [0.4, 0.5) is 4.79 Å². The maximum atomic E-state index is 11.8. The Labute approximate surface area is 137 Å². The van der Waals surface area contributed by atoms with E-state index < -0.39 is 29.7 Å². The van der Waals surface area contributed by atoms with Crippen molar-refractivity contribution in [1.29, 1.82) is 0 Å². The molecule has 0 saturated carbocycles. The van der Waals surface area contributed by atoms with Gasteiger partial charge in [-0.25, -0.2) is 4.79 Å². The van der Waals surface area contributed by atoms with Gasteiger partial charge >= 0.3 is 6.09 Å². The average molecular weight is 377 g/mol. The van der Waals surface area contributed by atoms with Crippen LogP contribution in [0.2, 0.25) is 0 Å². The van der Waals surface area contributed by atoms with E-state index in [1.54, 1.807) is 20.1 Å². The number of hydrogen-bond acceptors (Lipinski definition) is 9. The molecule has 0 spiro atoms. The summed E-state index contributed by atoms with van der Waals surface area (Å²) in [5, 5.41) is 6.45. The summed E-state index contributed by atoms with van der Waals surface area (Å²) < 4.78 is 24.7. The van der Waals surface area contributed by atoms with Gasteiger partial charge in [0.25, 0.3) is 0 Å². The molecule has 2 N–H and O–H groups in total. The Morgan fingerprint density at radius 1 is 1.52 bits per heavy atom. The number of hydrogen-bond donors (Lipinski definition) is 2. The lowest BCUT2D eigenvalue weighted by Gasteiger charge is -2.25. The Bertz CT molecular complexity index is 404. The maximum absolute atomic E-state index is 11.8. The third kappa shape index (κ3) is 8.36. The van der Waals surface area contributed by atoms with Gasteiger partial charge < -0.3 is 13.6 Å². The van der Waals surface area contributed by atoms with E-state index in [-0.39, 0.29) is 5.88 Å². The van der Waals surface area contributed by atoms with Crippen LogP contribution in [0.3, 0.4) is 0 Å². The van der Waals surface area contributed by atoms with Crippen molar-refractivity contribution in [3.05, 3.63) is 0 Å². The normalized spacial score (nSPS) is 15.4. The fourth-order valence-electron chi connectivity index (χ4n) is 0.987. The monoisotopic (exact) mass is 377 g/mol. The minimum absolute atomic E-state index is 0.153. The first-order chi connectivity index (χ1) is 9.78. The molecule has 2 atom stereocenters. The molecule has 0 saturated heterocycles. The molecule has 0 radical (unpaired) electrons. The third-order valence-corrected chi connectivity index (χ3v) is 7.99. The molecule has 0 heterocycles. The molecule has 124 valence electrons. The number of thioether (sulfide) groups is 1. The molecular weight excluding hydrogens is 357 g/mol. The van der Waals surface area contributed by atoms with Gasteiger partial charge in [0.05, 0.1) is 11.4 Å². The van der Waals surface area contributed by atoms with Gasteiger partial charge in [0.2, 0.25) is 12.4 Å². The topological polar surface area (TPSA) is 104 Å². The van der Waals surface area contributed by atoms with Gasteiger partial charge in [-0.3, -0.25) is 10.2 Å². The lowest BCUT2D eigenvalue weighted by atomic mass is 10.8. The molecule has 0 aromatic carbocycles. The zero-order valence-corrected chi connectivity index (χ0v) is 15.8. The number of oxime groups is 1. The standard InChI is InChI=1S/C9H20N3O5PS3/c1-7(18(19,15-3)16-4)12-21(14)6-10-9(13)17-11-8(2)20-5/h7,12H,6H2,1-5H3,(H,10,13). The molecule has 0 rings (SSSR count). The quantitative estimate of drug-likeness (QED) is 0.164. The highest BCUT2D eigenvalue weighted by Gasteiger charge is 2.28. The fraction of sp³-hybridized carbons (Fsp3) is 0.778. The molecule has 1 amide bonds. The first-order valence-electron chi connectivity index (χ1n) is 5.68. The van der Waals surface area contributed by atoms with Gasteiger partial charge in [0, 0.05) is 14.2 Å². The zero-order valence-electron chi connectivity index (χ0n) is 12.4. The van der Waals surface area contributed by atoms with Crippen LogP contribution in [0.5, 0.6) is 0 Å². The molecule has 0 aliphatic rings. The van der Waals surface area contributed by atoms with Crippen molar-refractivity contribution >= 4 is 52.6 Å². The van der Waals surface area contributed by atoms with Gasteiger partial charge in [-0.05, 0) is 31.9 Å². The molecular formula is C9H20N3O5PS3. The van der Waals surface area contributed by atoms with Crippen LogP contribution in [-0.2, 0) is 37.1 Å². The van der Waals surface area contributed by atoms with Crippen molar-refractivity contribution in [3.8, 4) is 0 Å². The maximum Gasteiger partial charge on any atom is 0.437 e. The van der Waals surface area contributed by atoms with Gasteiger partial charge in [-0.15, -0.1) is 16.5 Å². The second kappa shape index (κ2) is 10.8. The summed E-state index contributed by atoms with van der Waals surface area (Å²) in [6.45, 7) is 0.858. The second-order valence-electron chi connectivity index (χ2n) is 3.56. The first-order valence-corrected chi connectivity index (χ1v) is 10.9. The van der Waals surface area contributed by atoms with Crippen molar-refractivity contribution in [3.63, 3.8) is 0 Å². The van der Waals surface area contributed by atoms with E-state index in [0.29, 0.717) is 5.04 Å². The summed E-state index contributed by atoms with van der Waals surface area (Å²) in [5.74, 6) is -0.585. The van der Waals surface area contributed by atoms with Crippen LogP contribution in [0.1, 0.15) is 13.8 Å². The van der Waals surface area contributed by atoms with Gasteiger partial charge in [-0.2, -0.15) is 0 Å². The molecule has 21 heavy (non-hydrogen) atoms. The molecule has 0 bridgehead atoms. The molecule has 0 aliphatic carbocycles. The van der Waals surface area contributed by atoms with Crippen molar-refractivity contribution in [1.82, 2.24) is 10.0 Å². The summed E-state index contributed by atoms with van der Waals surface area (Å²) in [4.78, 5) is 15.8. The van der Waals surface area contributed by atoms with Crippen LogP contribution in [0, 0.1) is 0 Å². The van der Waals surface area contributed by atoms with Gasteiger partial charge in [0.15, 0.2) is 0 Å². The predicted octanol–water partition coefficient (Wildman–Crippen LogP) is 1.57. The summed E-state index contributed by atoms with van der Waals surface area (Å²) in [6.07, 6.45) is 1.01. The van der Waals surface area contributed by atoms with E-state index >= 15 is 0 Å². The Morgan fingerprint density at radius 2 is 2.10 bits per heavy atom. The van der Waals surface area contributed by atoms with E-state index in [1.165, 1.54) is 26.0 Å². The number of nitrogens with one attached hydrogen (secondary N) is 2. The predicted molar refractivity (Wildman–Crippen MR) is 90.2 cm³/mol. The fourth-order valence-corrected chi connectivity index (χ4v) is 3.85. The van der Waals surface area contributed by atoms with Crippen molar-refractivity contribution < 1.29 is 23.2 Å². The van der Waals surface area contributed by atoms with Crippen LogP contribution in [-0.4, -0.2) is 47.8 Å². The molecule has 2 unspecified atom stereocenters. The molecule has 8 nitrogen and oxygen atoms in total. The van der Waals surface area contributed by atoms with E-state index in [1.807, 2.05) is 0 Å². The molecule has 0 aromatic rings. The van der Waals surface area contributed by atoms with E-state index in [0.717, 1.165) is 0 Å². The van der Waals surface area contributed by atoms with Crippen molar-refractivity contribution in [2.45, 2.75) is 19.6 Å². The number of carbonyl (C=O) groups excluding carboxylic acids is 1. The van der Waals surface area contributed by atoms with E-state index in [4.69, 9.17) is 20.9 Å². The summed E-state index contributed by atoms with van der Waals surface area (Å²) in [5.41, 5.74) is 0. The number of nitrogens with zero attached hydrogens (tertiary/aromatic N) is 1. The average Bonchev–Trinajstić information content (AvgIpc) is 2.49. The zero-order chi connectivity index (χ0) is 16.5. The first kappa shape index (κ1) is 21.1. The van der Waals surface area contributed by atoms with Crippen LogP contribution < -0.4 is 10.0 Å². The summed E-state index contributed by atoms with van der Waals surface area (Å²) in [7, 11) is 2.88.